The molecular weight excluding hydrogens is 312 g/mol. The fourth-order valence-electron chi connectivity index (χ4n) is 1.99. The molecule has 2 rings (SSSR count). The number of hydrogen-bond acceptors (Lipinski definition) is 6. The van der Waals surface area contributed by atoms with Gasteiger partial charge in [-0.2, -0.15) is 5.26 Å². The third-order valence-corrected chi connectivity index (χ3v) is 4.29. The summed E-state index contributed by atoms with van der Waals surface area (Å²) in [6.45, 7) is 3.88. The Labute approximate surface area is 139 Å². The molecule has 0 bridgehead atoms. The maximum absolute atomic E-state index is 12.8. The van der Waals surface area contributed by atoms with Gasteiger partial charge in [-0.25, -0.2) is 4.68 Å². The first-order valence-corrected chi connectivity index (χ1v) is 7.99. The van der Waals surface area contributed by atoms with Crippen molar-refractivity contribution >= 4 is 23.4 Å². The van der Waals surface area contributed by atoms with Gasteiger partial charge in [-0.3, -0.25) is 4.79 Å². The predicted octanol–water partition coefficient (Wildman–Crippen LogP) is 1.73. The zero-order valence-electron chi connectivity index (χ0n) is 13.0. The summed E-state index contributed by atoms with van der Waals surface area (Å²) in [7, 11) is 0. The smallest absolute Gasteiger partial charge is 0.240 e. The Kier molecular flexibility index (Phi) is 5.60. The molecule has 0 aliphatic heterocycles. The Bertz CT molecular complexity index is 709. The molecule has 8 heteroatoms. The molecule has 0 saturated heterocycles. The third-order valence-electron chi connectivity index (χ3n) is 3.25. The summed E-state index contributed by atoms with van der Waals surface area (Å²) in [5.74, 6) is 6.30. The van der Waals surface area contributed by atoms with E-state index in [-0.39, 0.29) is 12.3 Å². The highest BCUT2D eigenvalue weighted by atomic mass is 32.2. The van der Waals surface area contributed by atoms with Crippen molar-refractivity contribution < 1.29 is 4.79 Å². The summed E-state index contributed by atoms with van der Waals surface area (Å²) >= 11 is 1.25. The molecule has 23 heavy (non-hydrogen) atoms. The minimum Gasteiger partial charge on any atom is -0.336 e. The third kappa shape index (κ3) is 4.02. The average molecular weight is 330 g/mol. The number of para-hydroxylation sites is 1. The van der Waals surface area contributed by atoms with Crippen LogP contribution in [0.2, 0.25) is 0 Å². The van der Waals surface area contributed by atoms with E-state index in [0.29, 0.717) is 17.5 Å². The molecule has 1 atom stereocenters. The maximum atomic E-state index is 12.8. The van der Waals surface area contributed by atoms with Crippen LogP contribution in [0.3, 0.4) is 0 Å². The van der Waals surface area contributed by atoms with E-state index in [1.54, 1.807) is 18.7 Å². The highest BCUT2D eigenvalue weighted by Gasteiger charge is 2.24. The number of anilines is 1. The molecule has 1 aromatic carbocycles. The number of aromatic nitrogens is 3. The van der Waals surface area contributed by atoms with Gasteiger partial charge in [0.05, 0.1) is 17.7 Å². The summed E-state index contributed by atoms with van der Waals surface area (Å²) in [5, 5.41) is 16.7. The van der Waals surface area contributed by atoms with Gasteiger partial charge in [-0.1, -0.05) is 30.0 Å². The molecule has 7 nitrogen and oxygen atoms in total. The predicted molar refractivity (Wildman–Crippen MR) is 89.3 cm³/mol. The van der Waals surface area contributed by atoms with Gasteiger partial charge in [-0.15, -0.1) is 10.2 Å². The van der Waals surface area contributed by atoms with Gasteiger partial charge in [-0.05, 0) is 26.0 Å². The van der Waals surface area contributed by atoms with Crippen LogP contribution in [0.5, 0.6) is 0 Å². The molecule has 1 amide bonds. The number of nitrogens with zero attached hydrogens (tertiary/aromatic N) is 5. The van der Waals surface area contributed by atoms with Crippen molar-refractivity contribution in [3.05, 3.63) is 36.2 Å². The van der Waals surface area contributed by atoms with Gasteiger partial charge in [0, 0.05) is 12.2 Å². The SMILES string of the molecule is Cc1nnc(S[C@H](C)C(=O)N(CCC#N)c2ccccc2)n1N. The standard InChI is InChI=1S/C15H18N6OS/c1-11(23-15-19-18-12(2)21(15)17)14(22)20(10-6-9-16)13-7-4-3-5-8-13/h3-5,7-8,11H,6,10,17H2,1-2H3/t11-/m1/s1. The van der Waals surface area contributed by atoms with E-state index >= 15 is 0 Å². The van der Waals surface area contributed by atoms with E-state index in [4.69, 9.17) is 11.1 Å². The molecule has 1 aromatic heterocycles. The van der Waals surface area contributed by atoms with E-state index in [1.807, 2.05) is 30.3 Å². The lowest BCUT2D eigenvalue weighted by molar-refractivity contribution is -0.117. The van der Waals surface area contributed by atoms with Gasteiger partial charge < -0.3 is 10.7 Å². The second kappa shape index (κ2) is 7.65. The van der Waals surface area contributed by atoms with E-state index in [0.717, 1.165) is 5.69 Å². The quantitative estimate of drug-likeness (QED) is 0.639. The highest BCUT2D eigenvalue weighted by molar-refractivity contribution is 8.00. The van der Waals surface area contributed by atoms with E-state index in [9.17, 15) is 4.79 Å². The minimum atomic E-state index is -0.403. The van der Waals surface area contributed by atoms with Crippen molar-refractivity contribution in [3.8, 4) is 6.07 Å². The van der Waals surface area contributed by atoms with Crippen molar-refractivity contribution in [1.29, 1.82) is 5.26 Å². The van der Waals surface area contributed by atoms with Crippen LogP contribution in [-0.2, 0) is 4.79 Å². The number of thioether (sulfide) groups is 1. The number of carbonyl (C=O) groups excluding carboxylic acids is 1. The Hall–Kier alpha value is -2.53. The molecule has 0 aliphatic carbocycles. The number of nitriles is 1. The largest absolute Gasteiger partial charge is 0.336 e. The zero-order chi connectivity index (χ0) is 16.8. The lowest BCUT2D eigenvalue weighted by Gasteiger charge is -2.24. The number of amides is 1. The second-order valence-corrected chi connectivity index (χ2v) is 6.20. The van der Waals surface area contributed by atoms with Crippen molar-refractivity contribution in [2.45, 2.75) is 30.7 Å². The first-order chi connectivity index (χ1) is 11.0. The number of benzene rings is 1. The summed E-state index contributed by atoms with van der Waals surface area (Å²) in [5.41, 5.74) is 0.769. The van der Waals surface area contributed by atoms with Gasteiger partial charge in [0.25, 0.3) is 0 Å². The van der Waals surface area contributed by atoms with Crippen LogP contribution in [0.4, 0.5) is 5.69 Å². The minimum absolute atomic E-state index is 0.0999. The molecule has 2 N–H and O–H groups in total. The van der Waals surface area contributed by atoms with E-state index in [2.05, 4.69) is 16.3 Å². The van der Waals surface area contributed by atoms with Crippen LogP contribution in [0.1, 0.15) is 19.2 Å². The second-order valence-electron chi connectivity index (χ2n) is 4.89. The van der Waals surface area contributed by atoms with E-state index in [1.165, 1.54) is 16.4 Å². The Morgan fingerprint density at radius 3 is 2.70 bits per heavy atom. The number of rotatable bonds is 6. The fourth-order valence-corrected chi connectivity index (χ4v) is 2.87. The Balaban J connectivity index is 2.16. The van der Waals surface area contributed by atoms with Crippen LogP contribution in [0.15, 0.2) is 35.5 Å². The normalized spacial score (nSPS) is 11.7. The highest BCUT2D eigenvalue weighted by Crippen LogP contribution is 2.24. The maximum Gasteiger partial charge on any atom is 0.240 e. The van der Waals surface area contributed by atoms with Gasteiger partial charge in [0.2, 0.25) is 11.1 Å². The fraction of sp³-hybridized carbons (Fsp3) is 0.333. The number of carbonyl (C=O) groups is 1. The summed E-state index contributed by atoms with van der Waals surface area (Å²) < 4.78 is 1.36. The van der Waals surface area contributed by atoms with Crippen LogP contribution in [0.25, 0.3) is 0 Å². The lowest BCUT2D eigenvalue weighted by Crippen LogP contribution is -2.37. The number of nitrogens with two attached hydrogens (primary N) is 1. The lowest BCUT2D eigenvalue weighted by atomic mass is 10.2. The molecule has 0 aliphatic rings. The number of hydrogen-bond donors (Lipinski definition) is 1. The number of nitrogen functional groups attached to an aromatic ring is 1. The van der Waals surface area contributed by atoms with Gasteiger partial charge in [0.1, 0.15) is 5.82 Å². The first-order valence-electron chi connectivity index (χ1n) is 7.11. The molecule has 1 heterocycles. The van der Waals surface area contributed by atoms with Crippen LogP contribution in [-0.4, -0.2) is 32.6 Å². The molecule has 120 valence electrons. The molecule has 0 spiro atoms. The van der Waals surface area contributed by atoms with Crippen molar-refractivity contribution in [3.63, 3.8) is 0 Å². The zero-order valence-corrected chi connectivity index (χ0v) is 13.8. The molecule has 0 saturated carbocycles. The summed E-state index contributed by atoms with van der Waals surface area (Å²) in [6.07, 6.45) is 0.268. The van der Waals surface area contributed by atoms with Crippen molar-refractivity contribution in [2.75, 3.05) is 17.3 Å². The average Bonchev–Trinajstić information content (AvgIpc) is 2.88. The van der Waals surface area contributed by atoms with Gasteiger partial charge in [0.15, 0.2) is 0 Å². The Morgan fingerprint density at radius 1 is 1.43 bits per heavy atom. The molecule has 0 unspecified atom stereocenters. The molecule has 0 radical (unpaired) electrons. The first kappa shape index (κ1) is 16.8. The van der Waals surface area contributed by atoms with Crippen molar-refractivity contribution in [2.24, 2.45) is 0 Å². The summed E-state index contributed by atoms with van der Waals surface area (Å²) in [4.78, 5) is 14.4. The van der Waals surface area contributed by atoms with Crippen LogP contribution >= 0.6 is 11.8 Å². The van der Waals surface area contributed by atoms with Crippen molar-refractivity contribution in [1.82, 2.24) is 14.9 Å². The van der Waals surface area contributed by atoms with E-state index < -0.39 is 5.25 Å². The molecule has 2 aromatic rings. The number of aryl methyl sites for hydroxylation is 1. The van der Waals surface area contributed by atoms with Crippen LogP contribution < -0.4 is 10.7 Å². The summed E-state index contributed by atoms with van der Waals surface area (Å²) in [6, 6.07) is 11.4. The molecular formula is C15H18N6OS. The monoisotopic (exact) mass is 330 g/mol. The topological polar surface area (TPSA) is 101 Å². The molecule has 0 fully saturated rings. The van der Waals surface area contributed by atoms with Gasteiger partial charge >= 0.3 is 0 Å². The van der Waals surface area contributed by atoms with Crippen LogP contribution in [0, 0.1) is 18.3 Å². The Morgan fingerprint density at radius 2 is 2.13 bits per heavy atom.